The lowest BCUT2D eigenvalue weighted by Gasteiger charge is -2.06. The second kappa shape index (κ2) is 18.3. The Bertz CT molecular complexity index is 1950. The molecule has 0 atom stereocenters. The van der Waals surface area contributed by atoms with Crippen molar-refractivity contribution in [3.8, 4) is 17.2 Å². The molecule has 0 bridgehead atoms. The second-order valence-electron chi connectivity index (χ2n) is 9.30. The van der Waals surface area contributed by atoms with Crippen molar-refractivity contribution in [1.82, 2.24) is 0 Å². The van der Waals surface area contributed by atoms with E-state index in [0.717, 1.165) is 46.9 Å². The van der Waals surface area contributed by atoms with Crippen LogP contribution in [0.15, 0.2) is 151 Å². The summed E-state index contributed by atoms with van der Waals surface area (Å²) in [5.41, 5.74) is 1.68. The van der Waals surface area contributed by atoms with Crippen LogP contribution in [0, 0.1) is 3.57 Å². The molecule has 1 aromatic heterocycles. The maximum Gasteiger partial charge on any atom is 0.138 e. The third kappa shape index (κ3) is 11.8. The molecule has 0 saturated carbocycles. The Morgan fingerprint density at radius 3 is 1.72 bits per heavy atom. The molecule has 1 N–H and O–H groups in total. The summed E-state index contributed by atoms with van der Waals surface area (Å²) in [6, 6.07) is 41.7. The topological polar surface area (TPSA) is 42.6 Å². The van der Waals surface area contributed by atoms with Crippen molar-refractivity contribution < 1.29 is 14.3 Å². The fraction of sp³-hybridized carbons (Fsp3) is 0. The number of furan rings is 1. The summed E-state index contributed by atoms with van der Waals surface area (Å²) in [4.78, 5) is 0. The predicted molar refractivity (Wildman–Crippen MR) is 212 cm³/mol. The highest BCUT2D eigenvalue weighted by Gasteiger charge is 2.10. The van der Waals surface area contributed by atoms with Crippen LogP contribution in [0.1, 0.15) is 0 Å². The van der Waals surface area contributed by atoms with E-state index in [2.05, 4.69) is 82.5 Å². The zero-order valence-corrected chi connectivity index (χ0v) is 32.8. The highest BCUT2D eigenvalue weighted by Crippen LogP contribution is 2.36. The van der Waals surface area contributed by atoms with Crippen molar-refractivity contribution in [2.45, 2.75) is 0 Å². The maximum absolute atomic E-state index is 8.88. The lowest BCUT2D eigenvalue weighted by atomic mass is 10.1. The van der Waals surface area contributed by atoms with Gasteiger partial charge in [0.05, 0.1) is 5.02 Å². The molecule has 0 fully saturated rings. The number of hydrogen-bond acceptors (Lipinski definition) is 3. The van der Waals surface area contributed by atoms with Gasteiger partial charge in [0.25, 0.3) is 0 Å². The van der Waals surface area contributed by atoms with Gasteiger partial charge in [-0.15, -0.1) is 0 Å². The monoisotopic (exact) mass is 972 g/mol. The molecule has 0 unspecified atom stereocenters. The van der Waals surface area contributed by atoms with Gasteiger partial charge in [-0.1, -0.05) is 137 Å². The van der Waals surface area contributed by atoms with Crippen LogP contribution in [0.3, 0.4) is 0 Å². The number of ether oxygens (including phenoxy) is 1. The van der Waals surface area contributed by atoms with Crippen LogP contribution < -0.4 is 4.74 Å². The van der Waals surface area contributed by atoms with Gasteiger partial charge in [-0.2, -0.15) is 0 Å². The molecule has 7 aromatic rings. The van der Waals surface area contributed by atoms with Crippen LogP contribution >= 0.6 is 105 Å². The Balaban J connectivity index is 0.000000146. The van der Waals surface area contributed by atoms with Gasteiger partial charge in [0.1, 0.15) is 28.4 Å². The molecule has 10 heteroatoms. The number of aromatic hydroxyl groups is 1. The smallest absolute Gasteiger partial charge is 0.138 e. The minimum atomic E-state index is 0.175. The summed E-state index contributed by atoms with van der Waals surface area (Å²) in [6.45, 7) is 0. The first kappa shape index (κ1) is 36.6. The molecule has 0 amide bonds. The van der Waals surface area contributed by atoms with Gasteiger partial charge in [-0.25, -0.2) is 0 Å². The van der Waals surface area contributed by atoms with Gasteiger partial charge in [-0.3, -0.25) is 0 Å². The Morgan fingerprint density at radius 1 is 0.565 bits per heavy atom. The molecular weight excluding hydrogens is 953 g/mol. The number of hydrogen-bond donors (Lipinski definition) is 1. The number of phenolic OH excluding ortho intramolecular Hbond substituents is 1. The molecule has 234 valence electrons. The average molecular weight is 977 g/mol. The quantitative estimate of drug-likeness (QED) is 0.176. The number of para-hydroxylation sites is 2. The lowest BCUT2D eigenvalue weighted by molar-refractivity contribution is 0.475. The third-order valence-electron chi connectivity index (χ3n) is 5.79. The minimum absolute atomic E-state index is 0.175. The van der Waals surface area contributed by atoms with E-state index in [0.29, 0.717) is 15.1 Å². The van der Waals surface area contributed by atoms with Gasteiger partial charge < -0.3 is 14.3 Å². The van der Waals surface area contributed by atoms with Crippen LogP contribution in [0.2, 0.25) is 15.1 Å². The van der Waals surface area contributed by atoms with Gasteiger partial charge in [0.2, 0.25) is 0 Å². The maximum atomic E-state index is 8.88. The van der Waals surface area contributed by atoms with E-state index in [9.17, 15) is 0 Å². The summed E-state index contributed by atoms with van der Waals surface area (Å²) >= 11 is 29.9. The number of rotatable bonds is 2. The van der Waals surface area contributed by atoms with E-state index in [4.69, 9.17) is 49.1 Å². The van der Waals surface area contributed by atoms with Crippen molar-refractivity contribution >= 4 is 127 Å². The summed E-state index contributed by atoms with van der Waals surface area (Å²) in [5.74, 6) is 1.70. The SMILES string of the molecule is Clc1cc(Br)cc(Oc2ccccc2)c1.Clc1cc(Br)cc2oc3ccccc3c12.Ic1ccccc1.Oc1cc(Cl)cc(Br)c1. The van der Waals surface area contributed by atoms with Crippen LogP contribution in [0.25, 0.3) is 21.9 Å². The molecule has 7 rings (SSSR count). The van der Waals surface area contributed by atoms with E-state index < -0.39 is 0 Å². The molecular formula is C36H23Br3Cl3IO3. The lowest BCUT2D eigenvalue weighted by Crippen LogP contribution is -1.83. The molecule has 46 heavy (non-hydrogen) atoms. The number of halogens is 7. The molecule has 6 aromatic carbocycles. The van der Waals surface area contributed by atoms with Gasteiger partial charge >= 0.3 is 0 Å². The second-order valence-corrected chi connectivity index (χ2v) is 14.6. The van der Waals surface area contributed by atoms with Crippen molar-refractivity contribution in [2.75, 3.05) is 0 Å². The standard InChI is InChI=1S/C12H6BrClO.C12H8BrClO.C6H4BrClO.C6H5I/c13-7-5-9(14)12-8-3-1-2-4-10(8)15-11(12)6-7;13-9-6-10(14)8-12(7-9)15-11-4-2-1-3-5-11;7-4-1-5(8)3-6(9)2-4;7-6-4-2-1-3-5-6/h1-6H;1-8H;1-3,9H;1-5H. The molecule has 0 saturated heterocycles. The molecule has 3 nitrogen and oxygen atoms in total. The van der Waals surface area contributed by atoms with Crippen molar-refractivity contribution in [1.29, 1.82) is 0 Å². The Morgan fingerprint density at radius 2 is 1.13 bits per heavy atom. The fourth-order valence-electron chi connectivity index (χ4n) is 3.94. The normalized spacial score (nSPS) is 10.2. The number of phenols is 1. The third-order valence-corrected chi connectivity index (χ3v) is 8.62. The van der Waals surface area contributed by atoms with E-state index in [-0.39, 0.29) is 5.75 Å². The first-order valence-corrected chi connectivity index (χ1v) is 18.0. The molecule has 0 spiro atoms. The van der Waals surface area contributed by atoms with Gasteiger partial charge in [0, 0.05) is 37.8 Å². The number of benzene rings is 6. The van der Waals surface area contributed by atoms with E-state index in [1.54, 1.807) is 18.2 Å². The Labute approximate surface area is 321 Å². The van der Waals surface area contributed by atoms with E-state index in [1.807, 2.05) is 97.1 Å². The molecule has 0 aliphatic heterocycles. The Kier molecular flexibility index (Phi) is 14.6. The first-order valence-electron chi connectivity index (χ1n) is 13.4. The number of fused-ring (bicyclic) bond motifs is 3. The molecule has 0 radical (unpaired) electrons. The highest BCUT2D eigenvalue weighted by molar-refractivity contribution is 14.1. The zero-order valence-electron chi connectivity index (χ0n) is 23.6. The average Bonchev–Trinajstić information content (AvgIpc) is 3.36. The predicted octanol–water partition coefficient (Wildman–Crippen LogP) is 15.0. The van der Waals surface area contributed by atoms with Gasteiger partial charge in [-0.05, 0) is 101 Å². The van der Waals surface area contributed by atoms with E-state index >= 15 is 0 Å². The fourth-order valence-corrected chi connectivity index (χ4v) is 6.91. The Hall–Kier alpha value is -2.24. The first-order chi connectivity index (χ1) is 22.1. The highest BCUT2D eigenvalue weighted by atomic mass is 127. The summed E-state index contributed by atoms with van der Waals surface area (Å²) < 4.78 is 15.2. The van der Waals surface area contributed by atoms with Crippen molar-refractivity contribution in [3.63, 3.8) is 0 Å². The van der Waals surface area contributed by atoms with Crippen molar-refractivity contribution in [3.05, 3.63) is 166 Å². The summed E-state index contributed by atoms with van der Waals surface area (Å²) in [7, 11) is 0. The van der Waals surface area contributed by atoms with Gasteiger partial charge in [0.15, 0.2) is 0 Å². The minimum Gasteiger partial charge on any atom is -0.508 e. The van der Waals surface area contributed by atoms with Crippen LogP contribution in [0.4, 0.5) is 0 Å². The molecule has 0 aliphatic rings. The van der Waals surface area contributed by atoms with Crippen molar-refractivity contribution in [2.24, 2.45) is 0 Å². The van der Waals surface area contributed by atoms with Crippen LogP contribution in [-0.2, 0) is 0 Å². The molecule has 0 aliphatic carbocycles. The largest absolute Gasteiger partial charge is 0.508 e. The zero-order chi connectivity index (χ0) is 33.1. The summed E-state index contributed by atoms with van der Waals surface area (Å²) in [5, 5.41) is 12.8. The van der Waals surface area contributed by atoms with Crippen LogP contribution in [0.5, 0.6) is 17.2 Å². The summed E-state index contributed by atoms with van der Waals surface area (Å²) in [6.07, 6.45) is 0. The van der Waals surface area contributed by atoms with E-state index in [1.165, 1.54) is 9.64 Å². The van der Waals surface area contributed by atoms with Crippen LogP contribution in [-0.4, -0.2) is 5.11 Å². The molecule has 1 heterocycles.